The van der Waals surface area contributed by atoms with Crippen molar-refractivity contribution in [2.45, 2.75) is 63.2 Å². The second-order valence-corrected chi connectivity index (χ2v) is 7.78. The van der Waals surface area contributed by atoms with Gasteiger partial charge in [0.15, 0.2) is 0 Å². The third kappa shape index (κ3) is 4.27. The fourth-order valence-corrected chi connectivity index (χ4v) is 4.74. The first-order valence-electron chi connectivity index (χ1n) is 9.16. The minimum atomic E-state index is -4.42. The van der Waals surface area contributed by atoms with E-state index < -0.39 is 24.7 Å². The molecule has 0 aromatic heterocycles. The van der Waals surface area contributed by atoms with Crippen molar-refractivity contribution in [1.82, 2.24) is 10.2 Å². The van der Waals surface area contributed by atoms with Gasteiger partial charge in [0.25, 0.3) is 0 Å². The fourth-order valence-electron chi connectivity index (χ4n) is 4.74. The molecule has 0 spiro atoms. The lowest BCUT2D eigenvalue weighted by molar-refractivity contribution is -0.165. The monoisotopic (exact) mass is 361 g/mol. The van der Waals surface area contributed by atoms with Crippen molar-refractivity contribution in [3.05, 3.63) is 0 Å². The SMILES string of the molecule is NC1C2CCCC1CC(C(=O)NC1CCCN(CC(F)(F)F)C1=O)C2. The average Bonchev–Trinajstić information content (AvgIpc) is 2.49. The van der Waals surface area contributed by atoms with Crippen LogP contribution in [0.1, 0.15) is 44.9 Å². The molecular formula is C17H26F3N3O2. The van der Waals surface area contributed by atoms with Crippen LogP contribution >= 0.6 is 0 Å². The number of amides is 2. The quantitative estimate of drug-likeness (QED) is 0.805. The smallest absolute Gasteiger partial charge is 0.344 e. The Hall–Kier alpha value is -1.31. The number of hydrogen-bond donors (Lipinski definition) is 2. The summed E-state index contributed by atoms with van der Waals surface area (Å²) in [5.41, 5.74) is 6.23. The number of nitrogens with two attached hydrogens (primary N) is 1. The summed E-state index contributed by atoms with van der Waals surface area (Å²) in [5, 5.41) is 2.72. The maximum Gasteiger partial charge on any atom is 0.406 e. The van der Waals surface area contributed by atoms with Crippen LogP contribution < -0.4 is 11.1 Å². The van der Waals surface area contributed by atoms with E-state index in [1.807, 2.05) is 0 Å². The molecule has 8 heteroatoms. The van der Waals surface area contributed by atoms with Crippen molar-refractivity contribution in [2.24, 2.45) is 23.5 Å². The maximum atomic E-state index is 12.6. The van der Waals surface area contributed by atoms with Gasteiger partial charge in [-0.2, -0.15) is 13.2 Å². The Morgan fingerprint density at radius 2 is 1.80 bits per heavy atom. The largest absolute Gasteiger partial charge is 0.406 e. The minimum Gasteiger partial charge on any atom is -0.344 e. The highest BCUT2D eigenvalue weighted by Gasteiger charge is 2.42. The van der Waals surface area contributed by atoms with Gasteiger partial charge in [0.1, 0.15) is 12.6 Å². The molecule has 0 aromatic carbocycles. The Kier molecular flexibility index (Phi) is 5.27. The molecule has 0 aromatic rings. The van der Waals surface area contributed by atoms with E-state index in [2.05, 4.69) is 5.32 Å². The van der Waals surface area contributed by atoms with Crippen molar-refractivity contribution in [3.8, 4) is 0 Å². The average molecular weight is 361 g/mol. The van der Waals surface area contributed by atoms with Crippen LogP contribution in [0, 0.1) is 17.8 Å². The number of halogens is 3. The molecule has 1 aliphatic heterocycles. The molecule has 2 bridgehead atoms. The van der Waals surface area contributed by atoms with E-state index in [1.54, 1.807) is 0 Å². The van der Waals surface area contributed by atoms with Crippen LogP contribution in [-0.4, -0.2) is 48.1 Å². The predicted molar refractivity (Wildman–Crippen MR) is 85.3 cm³/mol. The van der Waals surface area contributed by atoms with Crippen LogP contribution in [0.5, 0.6) is 0 Å². The number of nitrogens with one attached hydrogen (secondary N) is 1. The highest BCUT2D eigenvalue weighted by molar-refractivity contribution is 5.89. The van der Waals surface area contributed by atoms with Gasteiger partial charge in [-0.25, -0.2) is 0 Å². The zero-order valence-corrected chi connectivity index (χ0v) is 14.2. The summed E-state index contributed by atoms with van der Waals surface area (Å²) in [7, 11) is 0. The van der Waals surface area contributed by atoms with Crippen molar-refractivity contribution in [2.75, 3.05) is 13.1 Å². The van der Waals surface area contributed by atoms with Gasteiger partial charge in [-0.1, -0.05) is 6.42 Å². The minimum absolute atomic E-state index is 0.0904. The van der Waals surface area contributed by atoms with Crippen LogP contribution in [0.15, 0.2) is 0 Å². The highest BCUT2D eigenvalue weighted by Crippen LogP contribution is 2.42. The van der Waals surface area contributed by atoms with E-state index in [-0.39, 0.29) is 24.4 Å². The number of fused-ring (bicyclic) bond motifs is 2. The predicted octanol–water partition coefficient (Wildman–Crippen LogP) is 1.81. The molecule has 1 heterocycles. The maximum absolute atomic E-state index is 12.6. The Bertz CT molecular complexity index is 512. The Morgan fingerprint density at radius 1 is 1.16 bits per heavy atom. The van der Waals surface area contributed by atoms with E-state index in [0.717, 1.165) is 37.0 Å². The number of likely N-dealkylation sites (tertiary alicyclic amines) is 1. The van der Waals surface area contributed by atoms with Crippen molar-refractivity contribution < 1.29 is 22.8 Å². The summed E-state index contributed by atoms with van der Waals surface area (Å²) < 4.78 is 37.7. The summed E-state index contributed by atoms with van der Waals surface area (Å²) in [6, 6.07) is -0.685. The van der Waals surface area contributed by atoms with Crippen molar-refractivity contribution in [1.29, 1.82) is 0 Å². The van der Waals surface area contributed by atoms with Gasteiger partial charge in [-0.3, -0.25) is 9.59 Å². The lowest BCUT2D eigenvalue weighted by atomic mass is 9.65. The topological polar surface area (TPSA) is 75.4 Å². The first kappa shape index (κ1) is 18.5. The van der Waals surface area contributed by atoms with Gasteiger partial charge in [0.05, 0.1) is 0 Å². The Morgan fingerprint density at radius 3 is 2.40 bits per heavy atom. The summed E-state index contributed by atoms with van der Waals surface area (Å²) in [4.78, 5) is 25.7. The standard InChI is InChI=1S/C17H26F3N3O2/c18-17(19,20)9-23-6-2-5-13(16(23)25)22-15(24)12-7-10-3-1-4-11(8-12)14(10)21/h10-14H,1-9,21H2,(H,22,24). The molecule has 142 valence electrons. The second-order valence-electron chi connectivity index (χ2n) is 7.78. The molecule has 3 aliphatic rings. The number of piperidine rings is 1. The molecule has 1 saturated heterocycles. The van der Waals surface area contributed by atoms with Gasteiger partial charge in [0, 0.05) is 18.5 Å². The van der Waals surface area contributed by atoms with Crippen molar-refractivity contribution >= 4 is 11.8 Å². The molecule has 5 nitrogen and oxygen atoms in total. The Labute approximate surface area is 145 Å². The number of carbonyl (C=O) groups is 2. The summed E-state index contributed by atoms with van der Waals surface area (Å²) in [6.07, 6.45) is 1.09. The normalized spacial score (nSPS) is 36.2. The number of nitrogens with zero attached hydrogens (tertiary/aromatic N) is 1. The van der Waals surface area contributed by atoms with Gasteiger partial charge in [0.2, 0.25) is 11.8 Å². The lowest BCUT2D eigenvalue weighted by Gasteiger charge is -2.44. The summed E-state index contributed by atoms with van der Waals surface area (Å²) in [5.74, 6) is -0.319. The van der Waals surface area contributed by atoms with E-state index in [9.17, 15) is 22.8 Å². The molecule has 25 heavy (non-hydrogen) atoms. The zero-order valence-electron chi connectivity index (χ0n) is 14.2. The van der Waals surface area contributed by atoms with E-state index in [0.29, 0.717) is 24.7 Å². The number of rotatable bonds is 3. The van der Waals surface area contributed by atoms with Gasteiger partial charge < -0.3 is 16.0 Å². The van der Waals surface area contributed by atoms with Crippen LogP contribution in [-0.2, 0) is 9.59 Å². The van der Waals surface area contributed by atoms with Crippen molar-refractivity contribution in [3.63, 3.8) is 0 Å². The number of carbonyl (C=O) groups excluding carboxylic acids is 2. The first-order valence-corrected chi connectivity index (χ1v) is 9.16. The van der Waals surface area contributed by atoms with Crippen LogP contribution in [0.4, 0.5) is 13.2 Å². The van der Waals surface area contributed by atoms with Gasteiger partial charge >= 0.3 is 6.18 Å². The van der Waals surface area contributed by atoms with Crippen LogP contribution in [0.3, 0.4) is 0 Å². The molecule has 0 radical (unpaired) electrons. The van der Waals surface area contributed by atoms with Gasteiger partial charge in [-0.05, 0) is 50.4 Å². The fraction of sp³-hybridized carbons (Fsp3) is 0.882. The Balaban J connectivity index is 1.58. The van der Waals surface area contributed by atoms with Crippen LogP contribution in [0.25, 0.3) is 0 Å². The first-order chi connectivity index (χ1) is 11.7. The molecule has 3 atom stereocenters. The van der Waals surface area contributed by atoms with E-state index in [1.165, 1.54) is 0 Å². The lowest BCUT2D eigenvalue weighted by Crippen LogP contribution is -2.56. The molecule has 3 N–H and O–H groups in total. The molecule has 3 fully saturated rings. The van der Waals surface area contributed by atoms with Gasteiger partial charge in [-0.15, -0.1) is 0 Å². The van der Waals surface area contributed by atoms with E-state index >= 15 is 0 Å². The molecular weight excluding hydrogens is 335 g/mol. The summed E-state index contributed by atoms with van der Waals surface area (Å²) in [6.45, 7) is -1.16. The molecule has 3 unspecified atom stereocenters. The number of alkyl halides is 3. The second kappa shape index (κ2) is 7.13. The molecule has 3 rings (SSSR count). The van der Waals surface area contributed by atoms with Crippen LogP contribution in [0.2, 0.25) is 0 Å². The molecule has 2 amide bonds. The molecule has 2 saturated carbocycles. The molecule has 2 aliphatic carbocycles. The number of hydrogen-bond acceptors (Lipinski definition) is 3. The zero-order chi connectivity index (χ0) is 18.2. The summed E-state index contributed by atoms with van der Waals surface area (Å²) >= 11 is 0. The third-order valence-electron chi connectivity index (χ3n) is 6.00. The highest BCUT2D eigenvalue weighted by atomic mass is 19.4. The third-order valence-corrected chi connectivity index (χ3v) is 6.00. The van der Waals surface area contributed by atoms with E-state index in [4.69, 9.17) is 5.73 Å².